The maximum absolute atomic E-state index is 11.1. The minimum absolute atomic E-state index is 0.0690. The summed E-state index contributed by atoms with van der Waals surface area (Å²) in [6.45, 7) is 11.8. The molecule has 0 aliphatic heterocycles. The van der Waals surface area contributed by atoms with Crippen LogP contribution in [0.4, 0.5) is 0 Å². The summed E-state index contributed by atoms with van der Waals surface area (Å²) in [5.74, 6) is 0.783. The molecule has 1 amide bonds. The van der Waals surface area contributed by atoms with Crippen molar-refractivity contribution in [1.29, 1.82) is 0 Å². The van der Waals surface area contributed by atoms with Crippen molar-refractivity contribution in [3.8, 4) is 0 Å². The van der Waals surface area contributed by atoms with Crippen LogP contribution in [-0.4, -0.2) is 31.5 Å². The summed E-state index contributed by atoms with van der Waals surface area (Å²) in [5.41, 5.74) is 0. The Morgan fingerprint density at radius 3 is 2.27 bits per heavy atom. The van der Waals surface area contributed by atoms with Crippen LogP contribution in [0.2, 0.25) is 0 Å². The average molecular weight is 211 g/mol. The van der Waals surface area contributed by atoms with Gasteiger partial charge >= 0.3 is 0 Å². The topological polar surface area (TPSA) is 29.5 Å². The van der Waals surface area contributed by atoms with Gasteiger partial charge in [0.2, 0.25) is 5.91 Å². The molecule has 0 unspecified atom stereocenters. The molecule has 0 saturated carbocycles. The molecule has 0 aliphatic rings. The van der Waals surface area contributed by atoms with Crippen molar-refractivity contribution in [3.63, 3.8) is 0 Å². The highest BCUT2D eigenvalue weighted by Crippen LogP contribution is 1.99. The lowest BCUT2D eigenvalue weighted by molar-refractivity contribution is -0.129. The van der Waals surface area contributed by atoms with E-state index in [-0.39, 0.29) is 5.91 Å². The molecule has 0 saturated heterocycles. The molecule has 0 aromatic heterocycles. The number of hydrogen-bond acceptors (Lipinski definition) is 2. The second-order valence-electron chi connectivity index (χ2n) is 2.78. The van der Waals surface area contributed by atoms with Crippen molar-refractivity contribution in [2.75, 3.05) is 20.7 Å². The predicted molar refractivity (Wildman–Crippen MR) is 64.5 cm³/mol. The summed E-state index contributed by atoms with van der Waals surface area (Å²) < 4.78 is 5.26. The Morgan fingerprint density at radius 2 is 1.93 bits per heavy atom. The number of nitrogens with zero attached hydrogens (tertiary/aromatic N) is 1. The fraction of sp³-hybridized carbons (Fsp3) is 0.417. The Balaban J connectivity index is 0. The van der Waals surface area contributed by atoms with Crippen molar-refractivity contribution in [3.05, 3.63) is 37.6 Å². The summed E-state index contributed by atoms with van der Waals surface area (Å²) in [4.78, 5) is 12.6. The van der Waals surface area contributed by atoms with E-state index in [4.69, 9.17) is 4.74 Å². The molecule has 86 valence electrons. The SMILES string of the molecule is C=C.C=C/C(=C\C)OCCC(=O)N(C)C. The summed E-state index contributed by atoms with van der Waals surface area (Å²) in [7, 11) is 3.46. The molecule has 0 aromatic carbocycles. The van der Waals surface area contributed by atoms with E-state index in [2.05, 4.69) is 19.7 Å². The molecule has 0 radical (unpaired) electrons. The van der Waals surface area contributed by atoms with E-state index >= 15 is 0 Å². The van der Waals surface area contributed by atoms with Crippen LogP contribution in [0.25, 0.3) is 0 Å². The van der Waals surface area contributed by atoms with E-state index in [1.165, 1.54) is 0 Å². The third-order valence-electron chi connectivity index (χ3n) is 1.57. The normalized spacial score (nSPS) is 9.67. The van der Waals surface area contributed by atoms with Gasteiger partial charge in [-0.2, -0.15) is 0 Å². The smallest absolute Gasteiger partial charge is 0.225 e. The number of carbonyl (C=O) groups is 1. The number of allylic oxidation sites excluding steroid dienone is 2. The van der Waals surface area contributed by atoms with Gasteiger partial charge in [0.15, 0.2) is 0 Å². The first-order valence-corrected chi connectivity index (χ1v) is 4.73. The van der Waals surface area contributed by atoms with Crippen molar-refractivity contribution in [2.45, 2.75) is 13.3 Å². The number of rotatable bonds is 5. The first-order valence-electron chi connectivity index (χ1n) is 4.73. The third-order valence-corrected chi connectivity index (χ3v) is 1.57. The van der Waals surface area contributed by atoms with Gasteiger partial charge in [0.05, 0.1) is 13.0 Å². The van der Waals surface area contributed by atoms with Gasteiger partial charge in [0, 0.05) is 14.1 Å². The Morgan fingerprint density at radius 1 is 1.40 bits per heavy atom. The van der Waals surface area contributed by atoms with E-state index in [0.717, 1.165) is 0 Å². The van der Waals surface area contributed by atoms with Gasteiger partial charge in [-0.15, -0.1) is 13.2 Å². The molecule has 15 heavy (non-hydrogen) atoms. The fourth-order valence-electron chi connectivity index (χ4n) is 0.740. The monoisotopic (exact) mass is 211 g/mol. The van der Waals surface area contributed by atoms with E-state index < -0.39 is 0 Å². The van der Waals surface area contributed by atoms with Gasteiger partial charge in [0.25, 0.3) is 0 Å². The van der Waals surface area contributed by atoms with Crippen molar-refractivity contribution in [1.82, 2.24) is 4.90 Å². The van der Waals surface area contributed by atoms with Crippen LogP contribution in [-0.2, 0) is 9.53 Å². The zero-order valence-corrected chi connectivity index (χ0v) is 9.95. The predicted octanol–water partition coefficient (Wildman–Crippen LogP) is 2.37. The van der Waals surface area contributed by atoms with Gasteiger partial charge in [-0.3, -0.25) is 4.79 Å². The van der Waals surface area contributed by atoms with Crippen LogP contribution < -0.4 is 0 Å². The highest BCUT2D eigenvalue weighted by atomic mass is 16.5. The summed E-state index contributed by atoms with van der Waals surface area (Å²) in [6.07, 6.45) is 3.84. The molecule has 0 fully saturated rings. The largest absolute Gasteiger partial charge is 0.493 e. The Hall–Kier alpha value is -1.51. The second-order valence-corrected chi connectivity index (χ2v) is 2.78. The average Bonchev–Trinajstić information content (AvgIpc) is 2.26. The number of hydrogen-bond donors (Lipinski definition) is 0. The van der Waals surface area contributed by atoms with E-state index in [1.54, 1.807) is 25.1 Å². The van der Waals surface area contributed by atoms with Gasteiger partial charge in [-0.1, -0.05) is 6.58 Å². The molecule has 0 aliphatic carbocycles. The van der Waals surface area contributed by atoms with E-state index in [1.807, 2.05) is 13.0 Å². The number of carbonyl (C=O) groups excluding carboxylic acids is 1. The lowest BCUT2D eigenvalue weighted by Crippen LogP contribution is -2.22. The Kier molecular flexibility index (Phi) is 11.2. The zero-order chi connectivity index (χ0) is 12.3. The fourth-order valence-corrected chi connectivity index (χ4v) is 0.740. The molecule has 0 bridgehead atoms. The Labute approximate surface area is 92.7 Å². The quantitative estimate of drug-likeness (QED) is 0.397. The van der Waals surface area contributed by atoms with Gasteiger partial charge in [0.1, 0.15) is 5.76 Å². The number of ether oxygens (including phenoxy) is 1. The van der Waals surface area contributed by atoms with E-state index in [9.17, 15) is 4.79 Å². The molecule has 3 heteroatoms. The zero-order valence-electron chi connectivity index (χ0n) is 9.95. The van der Waals surface area contributed by atoms with Crippen molar-refractivity contribution >= 4 is 5.91 Å². The standard InChI is InChI=1S/C10H17NO2.C2H4/c1-5-9(6-2)13-8-7-10(12)11(3)4;1-2/h5-6H,1,7-8H2,2-4H3;1-2H2/b9-6+;. The molecule has 0 spiro atoms. The van der Waals surface area contributed by atoms with Crippen LogP contribution in [0.1, 0.15) is 13.3 Å². The molecule has 0 aromatic rings. The first-order chi connectivity index (χ1) is 7.11. The van der Waals surface area contributed by atoms with Gasteiger partial charge in [-0.05, 0) is 19.1 Å². The lowest BCUT2D eigenvalue weighted by Gasteiger charge is -2.10. The highest BCUT2D eigenvalue weighted by Gasteiger charge is 2.03. The van der Waals surface area contributed by atoms with Crippen LogP contribution >= 0.6 is 0 Å². The molecule has 0 atom stereocenters. The Bertz CT molecular complexity index is 220. The van der Waals surface area contributed by atoms with Gasteiger partial charge < -0.3 is 9.64 Å². The third kappa shape index (κ3) is 8.81. The first kappa shape index (κ1) is 15.9. The van der Waals surface area contributed by atoms with E-state index in [0.29, 0.717) is 18.8 Å². The van der Waals surface area contributed by atoms with Crippen LogP contribution in [0, 0.1) is 0 Å². The number of amides is 1. The van der Waals surface area contributed by atoms with Gasteiger partial charge in [-0.25, -0.2) is 0 Å². The van der Waals surface area contributed by atoms with Crippen LogP contribution in [0.15, 0.2) is 37.6 Å². The van der Waals surface area contributed by atoms with Crippen LogP contribution in [0.5, 0.6) is 0 Å². The summed E-state index contributed by atoms with van der Waals surface area (Å²) in [6, 6.07) is 0. The van der Waals surface area contributed by atoms with Crippen LogP contribution in [0.3, 0.4) is 0 Å². The van der Waals surface area contributed by atoms with Crippen molar-refractivity contribution in [2.24, 2.45) is 0 Å². The minimum atomic E-state index is 0.0690. The highest BCUT2D eigenvalue weighted by molar-refractivity contribution is 5.75. The second kappa shape index (κ2) is 10.6. The molecule has 0 rings (SSSR count). The minimum Gasteiger partial charge on any atom is -0.493 e. The molecular formula is C12H21NO2. The molecular weight excluding hydrogens is 190 g/mol. The maximum Gasteiger partial charge on any atom is 0.225 e. The van der Waals surface area contributed by atoms with Crippen molar-refractivity contribution < 1.29 is 9.53 Å². The lowest BCUT2D eigenvalue weighted by atomic mass is 10.4. The summed E-state index contributed by atoms with van der Waals surface area (Å²) in [5, 5.41) is 0. The molecule has 0 heterocycles. The maximum atomic E-state index is 11.1. The molecule has 3 nitrogen and oxygen atoms in total. The summed E-state index contributed by atoms with van der Waals surface area (Å²) >= 11 is 0. The molecule has 0 N–H and O–H groups in total.